The molecule has 0 N–H and O–H groups in total. The third-order valence-corrected chi connectivity index (χ3v) is 15.7. The summed E-state index contributed by atoms with van der Waals surface area (Å²) < 4.78 is 5.60. The minimum absolute atomic E-state index is 0. The third-order valence-electron chi connectivity index (χ3n) is 7.32. The summed E-state index contributed by atoms with van der Waals surface area (Å²) in [6, 6.07) is 16.4. The average Bonchev–Trinajstić information content (AvgIpc) is 3.31. The fourth-order valence-electron chi connectivity index (χ4n) is 5.64. The number of benzene rings is 2. The minimum atomic E-state index is -2.11. The summed E-state index contributed by atoms with van der Waals surface area (Å²) >= 11 is -2.11. The van der Waals surface area contributed by atoms with Crippen molar-refractivity contribution in [1.29, 1.82) is 0 Å². The maximum atomic E-state index is 2.66. The van der Waals surface area contributed by atoms with Crippen LogP contribution in [0.1, 0.15) is 70.9 Å². The largest absolute Gasteiger partial charge is 1.00 e. The van der Waals surface area contributed by atoms with E-state index in [2.05, 4.69) is 82.3 Å². The molecule has 0 saturated heterocycles. The van der Waals surface area contributed by atoms with E-state index in [1.807, 2.05) is 6.49 Å². The fraction of sp³-hybridized carbons (Fsp3) is 0.414. The zero-order valence-corrected chi connectivity index (χ0v) is 23.7. The van der Waals surface area contributed by atoms with Crippen LogP contribution >= 0.6 is 0 Å². The van der Waals surface area contributed by atoms with Crippen LogP contribution in [-0.2, 0) is 27.7 Å². The monoisotopic (exact) mass is 542 g/mol. The van der Waals surface area contributed by atoms with E-state index in [1.54, 1.807) is 14.4 Å². The molecule has 3 heteroatoms. The average molecular weight is 545 g/mol. The smallest absolute Gasteiger partial charge is 1.00 e. The Morgan fingerprint density at radius 3 is 2.22 bits per heavy atom. The number of hydrogen-bond donors (Lipinski definition) is 0. The summed E-state index contributed by atoms with van der Waals surface area (Å²) in [5.41, 5.74) is 8.01. The van der Waals surface area contributed by atoms with Crippen molar-refractivity contribution in [3.63, 3.8) is 0 Å². The van der Waals surface area contributed by atoms with Gasteiger partial charge in [0.1, 0.15) is 0 Å². The zero-order valence-electron chi connectivity index (χ0n) is 19.8. The van der Waals surface area contributed by atoms with Crippen LogP contribution in [0.3, 0.4) is 0 Å². The van der Waals surface area contributed by atoms with E-state index in [0.29, 0.717) is 5.92 Å². The van der Waals surface area contributed by atoms with Crippen LogP contribution < -0.4 is 28.1 Å². The molecular formula is C29H34Cl2Zr. The quantitative estimate of drug-likeness (QED) is 0.454. The SMILES string of the molecule is CC1C=C(C(C)(C)C)C=[C]1[Zr+2](=[C]1CCCCC1)[c]1cccc2c1Cc1ccccc1-2.[Cl-].[Cl-]. The van der Waals surface area contributed by atoms with Gasteiger partial charge in [-0.2, -0.15) is 0 Å². The summed E-state index contributed by atoms with van der Waals surface area (Å²) in [6.07, 6.45) is 13.4. The van der Waals surface area contributed by atoms with Gasteiger partial charge in [0, 0.05) is 0 Å². The summed E-state index contributed by atoms with van der Waals surface area (Å²) in [6.45, 7) is 9.59. The molecule has 1 saturated carbocycles. The van der Waals surface area contributed by atoms with Crippen molar-refractivity contribution >= 4 is 6.48 Å². The van der Waals surface area contributed by atoms with Crippen LogP contribution in [0.2, 0.25) is 0 Å². The third kappa shape index (κ3) is 4.73. The maximum Gasteiger partial charge on any atom is -1.00 e. The first-order chi connectivity index (χ1) is 14.4. The van der Waals surface area contributed by atoms with Gasteiger partial charge >= 0.3 is 191 Å². The first kappa shape index (κ1) is 25.9. The molecule has 2 aromatic rings. The van der Waals surface area contributed by atoms with Crippen molar-refractivity contribution in [3.05, 3.63) is 74.6 Å². The van der Waals surface area contributed by atoms with E-state index in [1.165, 1.54) is 48.8 Å². The second-order valence-electron chi connectivity index (χ2n) is 10.5. The Kier molecular flexibility index (Phi) is 8.29. The van der Waals surface area contributed by atoms with Gasteiger partial charge in [-0.1, -0.05) is 0 Å². The Balaban J connectivity index is 0.00000144. The van der Waals surface area contributed by atoms with Gasteiger partial charge in [-0.25, -0.2) is 0 Å². The van der Waals surface area contributed by atoms with Crippen LogP contribution in [0.25, 0.3) is 11.1 Å². The summed E-state index contributed by atoms with van der Waals surface area (Å²) in [5.74, 6) is 0.614. The molecule has 3 aliphatic carbocycles. The predicted octanol–water partition coefficient (Wildman–Crippen LogP) is 1.15. The van der Waals surface area contributed by atoms with Crippen molar-refractivity contribution in [3.8, 4) is 11.1 Å². The molecule has 0 radical (unpaired) electrons. The molecule has 168 valence electrons. The van der Waals surface area contributed by atoms with Crippen LogP contribution in [0, 0.1) is 11.3 Å². The Labute approximate surface area is 214 Å². The molecule has 0 bridgehead atoms. The fourth-order valence-corrected chi connectivity index (χ4v) is 14.4. The predicted molar refractivity (Wildman–Crippen MR) is 127 cm³/mol. The van der Waals surface area contributed by atoms with Crippen molar-refractivity contribution in [1.82, 2.24) is 0 Å². The molecule has 0 aliphatic heterocycles. The van der Waals surface area contributed by atoms with E-state index < -0.39 is 21.3 Å². The second kappa shape index (κ2) is 10.3. The Morgan fingerprint density at radius 1 is 0.844 bits per heavy atom. The molecular weight excluding hydrogens is 510 g/mol. The van der Waals surface area contributed by atoms with Crippen molar-refractivity contribution in [2.75, 3.05) is 0 Å². The molecule has 0 amide bonds. The van der Waals surface area contributed by atoms with E-state index in [9.17, 15) is 0 Å². The molecule has 0 spiro atoms. The van der Waals surface area contributed by atoms with Gasteiger partial charge in [0.15, 0.2) is 0 Å². The molecule has 1 atom stereocenters. The van der Waals surface area contributed by atoms with Gasteiger partial charge < -0.3 is 24.8 Å². The molecule has 1 fully saturated rings. The Hall–Kier alpha value is -0.747. The van der Waals surface area contributed by atoms with E-state index in [-0.39, 0.29) is 30.2 Å². The van der Waals surface area contributed by atoms with Crippen molar-refractivity contribution in [2.45, 2.75) is 66.2 Å². The summed E-state index contributed by atoms with van der Waals surface area (Å²) in [5, 5.41) is 0. The summed E-state index contributed by atoms with van der Waals surface area (Å²) in [7, 11) is 0. The molecule has 0 heterocycles. The molecule has 0 nitrogen and oxygen atoms in total. The molecule has 3 aliphatic rings. The zero-order chi connectivity index (χ0) is 20.9. The van der Waals surface area contributed by atoms with Crippen LogP contribution in [0.4, 0.5) is 0 Å². The number of hydrogen-bond acceptors (Lipinski definition) is 0. The first-order valence-corrected chi connectivity index (χ1v) is 15.5. The van der Waals surface area contributed by atoms with Crippen molar-refractivity contribution < 1.29 is 46.1 Å². The van der Waals surface area contributed by atoms with E-state index >= 15 is 0 Å². The van der Waals surface area contributed by atoms with Gasteiger partial charge in [0.05, 0.1) is 0 Å². The van der Waals surface area contributed by atoms with Gasteiger partial charge in [-0.3, -0.25) is 0 Å². The summed E-state index contributed by atoms with van der Waals surface area (Å²) in [4.78, 5) is 0. The minimum Gasteiger partial charge on any atom is -1.00 e. The van der Waals surface area contributed by atoms with Gasteiger partial charge in [0.25, 0.3) is 0 Å². The Morgan fingerprint density at radius 2 is 1.53 bits per heavy atom. The van der Waals surface area contributed by atoms with Gasteiger partial charge in [-0.05, 0) is 0 Å². The number of fused-ring (bicyclic) bond motifs is 3. The van der Waals surface area contributed by atoms with E-state index in [0.717, 1.165) is 6.42 Å². The molecule has 2 aromatic carbocycles. The van der Waals surface area contributed by atoms with Crippen LogP contribution in [0.15, 0.2) is 63.5 Å². The number of rotatable bonds is 2. The number of allylic oxidation sites excluding steroid dienone is 4. The van der Waals surface area contributed by atoms with E-state index in [4.69, 9.17) is 0 Å². The van der Waals surface area contributed by atoms with Crippen LogP contribution in [0.5, 0.6) is 0 Å². The van der Waals surface area contributed by atoms with Gasteiger partial charge in [-0.15, -0.1) is 0 Å². The van der Waals surface area contributed by atoms with Gasteiger partial charge in [0.2, 0.25) is 0 Å². The van der Waals surface area contributed by atoms with Crippen molar-refractivity contribution in [2.24, 2.45) is 11.3 Å². The standard InChI is InChI=1S/C13H9.C10H15.C6H10.2ClH.Zr/c1-3-7-12-10(5-1)9-11-6-2-4-8-13(11)12;1-8-5-6-9(7-8)10(2,3)4;1-2-4-6-5-3-1;;;/h1-5,7-8H,9H2;6-8H,1-4H3;1-5H2;2*1H;/q;;;;;+2/p-2. The molecule has 5 rings (SSSR count). The number of halogens is 2. The molecule has 32 heavy (non-hydrogen) atoms. The normalized spacial score (nSPS) is 19.0. The maximum absolute atomic E-state index is 2.66. The molecule has 1 unspecified atom stereocenters. The van der Waals surface area contributed by atoms with Crippen LogP contribution in [-0.4, -0.2) is 3.21 Å². The molecule has 0 aromatic heterocycles. The topological polar surface area (TPSA) is 0 Å². The second-order valence-corrected chi connectivity index (χ2v) is 16.8. The Bertz CT molecular complexity index is 1090. The first-order valence-electron chi connectivity index (χ1n) is 11.8.